The second-order valence-electron chi connectivity index (χ2n) is 4.84. The molecule has 19 heavy (non-hydrogen) atoms. The fraction of sp³-hybridized carbons (Fsp3) is 0.533. The van der Waals surface area contributed by atoms with Gasteiger partial charge in [0.25, 0.3) is 0 Å². The standard InChI is InChI=1S/C15H24N2O2/c1-5-13(9-16)15(18)17(3)10-12-6-7-14(19-4)11(2)8-12/h6-8,13H,5,9-10,16H2,1-4H3. The van der Waals surface area contributed by atoms with Gasteiger partial charge in [0.2, 0.25) is 5.91 Å². The molecular formula is C15H24N2O2. The molecule has 0 saturated heterocycles. The predicted octanol–water partition coefficient (Wildman–Crippen LogP) is 1.95. The van der Waals surface area contributed by atoms with Gasteiger partial charge in [-0.3, -0.25) is 4.79 Å². The summed E-state index contributed by atoms with van der Waals surface area (Å²) in [5.74, 6) is 0.897. The summed E-state index contributed by atoms with van der Waals surface area (Å²) in [6, 6.07) is 5.97. The highest BCUT2D eigenvalue weighted by atomic mass is 16.5. The largest absolute Gasteiger partial charge is 0.496 e. The molecule has 0 fully saturated rings. The van der Waals surface area contributed by atoms with Crippen LogP contribution in [0.4, 0.5) is 0 Å². The lowest BCUT2D eigenvalue weighted by atomic mass is 10.0. The number of hydrogen-bond acceptors (Lipinski definition) is 3. The molecule has 0 radical (unpaired) electrons. The third-order valence-corrected chi connectivity index (χ3v) is 3.38. The van der Waals surface area contributed by atoms with Gasteiger partial charge in [-0.2, -0.15) is 0 Å². The number of rotatable bonds is 6. The van der Waals surface area contributed by atoms with Crippen LogP contribution in [0.1, 0.15) is 24.5 Å². The molecule has 0 saturated carbocycles. The van der Waals surface area contributed by atoms with Crippen molar-refractivity contribution in [3.05, 3.63) is 29.3 Å². The van der Waals surface area contributed by atoms with E-state index in [0.717, 1.165) is 23.3 Å². The fourth-order valence-electron chi connectivity index (χ4n) is 2.14. The molecule has 2 N–H and O–H groups in total. The zero-order valence-corrected chi connectivity index (χ0v) is 12.3. The second-order valence-corrected chi connectivity index (χ2v) is 4.84. The minimum Gasteiger partial charge on any atom is -0.496 e. The van der Waals surface area contributed by atoms with Crippen molar-refractivity contribution in [2.45, 2.75) is 26.8 Å². The van der Waals surface area contributed by atoms with Gasteiger partial charge >= 0.3 is 0 Å². The van der Waals surface area contributed by atoms with E-state index in [1.165, 1.54) is 0 Å². The molecule has 4 nitrogen and oxygen atoms in total. The van der Waals surface area contributed by atoms with E-state index in [2.05, 4.69) is 0 Å². The van der Waals surface area contributed by atoms with Crippen LogP contribution < -0.4 is 10.5 Å². The quantitative estimate of drug-likeness (QED) is 0.854. The summed E-state index contributed by atoms with van der Waals surface area (Å²) in [6.45, 7) is 4.99. The summed E-state index contributed by atoms with van der Waals surface area (Å²) in [7, 11) is 3.48. The normalized spacial score (nSPS) is 12.1. The molecule has 1 aromatic rings. The Hall–Kier alpha value is -1.55. The minimum atomic E-state index is -0.0793. The van der Waals surface area contributed by atoms with E-state index in [-0.39, 0.29) is 11.8 Å². The number of carbonyl (C=O) groups is 1. The van der Waals surface area contributed by atoms with Crippen molar-refractivity contribution in [2.75, 3.05) is 20.7 Å². The average molecular weight is 264 g/mol. The van der Waals surface area contributed by atoms with E-state index >= 15 is 0 Å². The summed E-state index contributed by atoms with van der Waals surface area (Å²) >= 11 is 0. The SMILES string of the molecule is CCC(CN)C(=O)N(C)Cc1ccc(OC)c(C)c1. The Labute approximate surface area is 115 Å². The number of nitrogens with two attached hydrogens (primary N) is 1. The lowest BCUT2D eigenvalue weighted by molar-refractivity contribution is -0.134. The first-order chi connectivity index (χ1) is 9.03. The van der Waals surface area contributed by atoms with Gasteiger partial charge in [-0.15, -0.1) is 0 Å². The summed E-state index contributed by atoms with van der Waals surface area (Å²) in [5.41, 5.74) is 7.79. The van der Waals surface area contributed by atoms with Crippen molar-refractivity contribution in [2.24, 2.45) is 11.7 Å². The molecule has 1 aromatic carbocycles. The first-order valence-corrected chi connectivity index (χ1v) is 6.62. The van der Waals surface area contributed by atoms with Gasteiger partial charge in [0, 0.05) is 20.1 Å². The van der Waals surface area contributed by atoms with Crippen LogP contribution in [0.2, 0.25) is 0 Å². The molecule has 0 aliphatic heterocycles. The van der Waals surface area contributed by atoms with E-state index in [0.29, 0.717) is 13.1 Å². The van der Waals surface area contributed by atoms with Gasteiger partial charge < -0.3 is 15.4 Å². The maximum atomic E-state index is 12.1. The third kappa shape index (κ3) is 3.96. The van der Waals surface area contributed by atoms with Crippen LogP contribution in [0.5, 0.6) is 5.75 Å². The van der Waals surface area contributed by atoms with Crippen molar-refractivity contribution >= 4 is 5.91 Å². The highest BCUT2D eigenvalue weighted by molar-refractivity contribution is 5.78. The van der Waals surface area contributed by atoms with Crippen molar-refractivity contribution in [1.29, 1.82) is 0 Å². The zero-order valence-electron chi connectivity index (χ0n) is 12.3. The van der Waals surface area contributed by atoms with Crippen molar-refractivity contribution in [1.82, 2.24) is 4.90 Å². The maximum absolute atomic E-state index is 12.1. The zero-order chi connectivity index (χ0) is 14.4. The van der Waals surface area contributed by atoms with Gasteiger partial charge in [-0.25, -0.2) is 0 Å². The van der Waals surface area contributed by atoms with Crippen LogP contribution in [-0.2, 0) is 11.3 Å². The molecule has 0 aliphatic carbocycles. The molecule has 4 heteroatoms. The van der Waals surface area contributed by atoms with E-state index < -0.39 is 0 Å². The van der Waals surface area contributed by atoms with Gasteiger partial charge in [0.15, 0.2) is 0 Å². The van der Waals surface area contributed by atoms with Crippen LogP contribution in [0.15, 0.2) is 18.2 Å². The van der Waals surface area contributed by atoms with E-state index in [9.17, 15) is 4.79 Å². The van der Waals surface area contributed by atoms with Crippen LogP contribution in [0.25, 0.3) is 0 Å². The van der Waals surface area contributed by atoms with E-state index in [4.69, 9.17) is 10.5 Å². The Balaban J connectivity index is 2.74. The second kappa shape index (κ2) is 7.14. The molecule has 1 amide bonds. The molecule has 1 atom stereocenters. The van der Waals surface area contributed by atoms with Crippen molar-refractivity contribution in [3.8, 4) is 5.75 Å². The number of hydrogen-bond donors (Lipinski definition) is 1. The van der Waals surface area contributed by atoms with Crippen molar-refractivity contribution < 1.29 is 9.53 Å². The molecule has 0 heterocycles. The monoisotopic (exact) mass is 264 g/mol. The number of ether oxygens (including phenoxy) is 1. The Morgan fingerprint density at radius 3 is 2.63 bits per heavy atom. The number of nitrogens with zero attached hydrogens (tertiary/aromatic N) is 1. The molecule has 1 unspecified atom stereocenters. The molecule has 0 spiro atoms. The van der Waals surface area contributed by atoms with Crippen LogP contribution in [-0.4, -0.2) is 31.5 Å². The third-order valence-electron chi connectivity index (χ3n) is 3.38. The average Bonchev–Trinajstić information content (AvgIpc) is 2.40. The summed E-state index contributed by atoms with van der Waals surface area (Å²) in [5, 5.41) is 0. The maximum Gasteiger partial charge on any atom is 0.226 e. The number of methoxy groups -OCH3 is 1. The van der Waals surface area contributed by atoms with Gasteiger partial charge in [-0.05, 0) is 30.5 Å². The van der Waals surface area contributed by atoms with Crippen LogP contribution >= 0.6 is 0 Å². The lowest BCUT2D eigenvalue weighted by Gasteiger charge is -2.22. The molecule has 0 aliphatic rings. The molecule has 1 rings (SSSR count). The molecule has 0 bridgehead atoms. The summed E-state index contributed by atoms with van der Waals surface area (Å²) < 4.78 is 5.23. The Bertz CT molecular complexity index is 428. The number of benzene rings is 1. The molecule has 0 aromatic heterocycles. The Morgan fingerprint density at radius 2 is 2.16 bits per heavy atom. The minimum absolute atomic E-state index is 0.0793. The number of carbonyl (C=O) groups excluding carboxylic acids is 1. The van der Waals surface area contributed by atoms with Gasteiger partial charge in [0.05, 0.1) is 13.0 Å². The van der Waals surface area contributed by atoms with Gasteiger partial charge in [-0.1, -0.05) is 19.1 Å². The van der Waals surface area contributed by atoms with E-state index in [1.807, 2.05) is 39.1 Å². The highest BCUT2D eigenvalue weighted by Gasteiger charge is 2.18. The lowest BCUT2D eigenvalue weighted by Crippen LogP contribution is -2.35. The summed E-state index contributed by atoms with van der Waals surface area (Å²) in [4.78, 5) is 13.9. The number of amides is 1. The fourth-order valence-corrected chi connectivity index (χ4v) is 2.14. The summed E-state index contributed by atoms with van der Waals surface area (Å²) in [6.07, 6.45) is 0.779. The van der Waals surface area contributed by atoms with Gasteiger partial charge in [0.1, 0.15) is 5.75 Å². The highest BCUT2D eigenvalue weighted by Crippen LogP contribution is 2.19. The topological polar surface area (TPSA) is 55.6 Å². The first-order valence-electron chi connectivity index (χ1n) is 6.62. The smallest absolute Gasteiger partial charge is 0.226 e. The van der Waals surface area contributed by atoms with Crippen LogP contribution in [0, 0.1) is 12.8 Å². The van der Waals surface area contributed by atoms with Crippen molar-refractivity contribution in [3.63, 3.8) is 0 Å². The number of aryl methyl sites for hydroxylation is 1. The van der Waals surface area contributed by atoms with E-state index in [1.54, 1.807) is 12.0 Å². The first kappa shape index (κ1) is 15.5. The Kier molecular flexibility index (Phi) is 5.83. The Morgan fingerprint density at radius 1 is 1.47 bits per heavy atom. The molecule has 106 valence electrons. The predicted molar refractivity (Wildman–Crippen MR) is 77.0 cm³/mol. The van der Waals surface area contributed by atoms with Crippen LogP contribution in [0.3, 0.4) is 0 Å². The molecular weight excluding hydrogens is 240 g/mol.